The molecule has 0 aliphatic carbocycles. The van der Waals surface area contributed by atoms with Crippen LogP contribution in [0.4, 0.5) is 5.00 Å². The van der Waals surface area contributed by atoms with E-state index in [1.165, 1.54) is 11.5 Å². The van der Waals surface area contributed by atoms with Crippen molar-refractivity contribution in [3.8, 4) is 6.07 Å². The summed E-state index contributed by atoms with van der Waals surface area (Å²) in [4.78, 5) is 6.62. The van der Waals surface area contributed by atoms with E-state index in [0.29, 0.717) is 11.5 Å². The molecule has 1 N–H and O–H groups in total. The van der Waals surface area contributed by atoms with Gasteiger partial charge in [0.1, 0.15) is 22.5 Å². The number of H-pyrrole nitrogens is 1. The molecule has 1 aliphatic rings. The maximum Gasteiger partial charge on any atom is 0.155 e. The summed E-state index contributed by atoms with van der Waals surface area (Å²) in [6.45, 7) is 5.57. The van der Waals surface area contributed by atoms with Gasteiger partial charge in [-0.25, -0.2) is 4.98 Å². The minimum absolute atomic E-state index is 0.332. The number of nitrogens with zero attached hydrogens (tertiary/aromatic N) is 5. The van der Waals surface area contributed by atoms with Crippen LogP contribution in [0.15, 0.2) is 0 Å². The summed E-state index contributed by atoms with van der Waals surface area (Å²) in [5, 5.41) is 17.3. The van der Waals surface area contributed by atoms with Gasteiger partial charge in [-0.05, 0) is 31.8 Å². The van der Waals surface area contributed by atoms with Gasteiger partial charge >= 0.3 is 0 Å². The summed E-state index contributed by atoms with van der Waals surface area (Å²) in [6.07, 6.45) is 1.01. The molecular weight excluding hydrogens is 260 g/mol. The van der Waals surface area contributed by atoms with Crippen LogP contribution in [0.3, 0.4) is 0 Å². The van der Waals surface area contributed by atoms with Gasteiger partial charge in [0.25, 0.3) is 0 Å². The topological polar surface area (TPSA) is 81.5 Å². The van der Waals surface area contributed by atoms with Gasteiger partial charge < -0.3 is 4.90 Å². The number of nitrogens with one attached hydrogen (secondary N) is 1. The van der Waals surface area contributed by atoms with Gasteiger partial charge in [0, 0.05) is 19.0 Å². The van der Waals surface area contributed by atoms with Crippen LogP contribution in [0.2, 0.25) is 0 Å². The van der Waals surface area contributed by atoms with E-state index in [4.69, 9.17) is 0 Å². The van der Waals surface area contributed by atoms with Crippen molar-refractivity contribution in [2.75, 3.05) is 18.0 Å². The SMILES string of the molecule is Cc1nc(C2CCN(c3snc(C)c3C#N)C2)n[nH]1. The van der Waals surface area contributed by atoms with Gasteiger partial charge in [0.05, 0.1) is 5.69 Å². The number of aryl methyl sites for hydroxylation is 2. The summed E-state index contributed by atoms with van der Waals surface area (Å²) in [5.74, 6) is 2.05. The molecule has 19 heavy (non-hydrogen) atoms. The lowest BCUT2D eigenvalue weighted by Gasteiger charge is -2.15. The third-order valence-corrected chi connectivity index (χ3v) is 4.41. The fourth-order valence-electron chi connectivity index (χ4n) is 2.40. The second-order valence-corrected chi connectivity index (χ2v) is 5.52. The van der Waals surface area contributed by atoms with Crippen LogP contribution >= 0.6 is 11.5 Å². The zero-order valence-electron chi connectivity index (χ0n) is 10.8. The highest BCUT2D eigenvalue weighted by atomic mass is 32.1. The van der Waals surface area contributed by atoms with Gasteiger partial charge in [-0.2, -0.15) is 14.7 Å². The molecule has 0 radical (unpaired) electrons. The second kappa shape index (κ2) is 4.63. The van der Waals surface area contributed by atoms with Crippen LogP contribution in [-0.4, -0.2) is 32.6 Å². The van der Waals surface area contributed by atoms with E-state index >= 15 is 0 Å². The van der Waals surface area contributed by atoms with Crippen molar-refractivity contribution in [1.29, 1.82) is 5.26 Å². The van der Waals surface area contributed by atoms with Crippen molar-refractivity contribution in [2.24, 2.45) is 0 Å². The molecule has 1 fully saturated rings. The average molecular weight is 274 g/mol. The van der Waals surface area contributed by atoms with Crippen molar-refractivity contribution in [3.05, 3.63) is 22.9 Å². The predicted octanol–water partition coefficient (Wildman–Crippen LogP) is 1.74. The number of aromatic amines is 1. The third kappa shape index (κ3) is 2.08. The second-order valence-electron chi connectivity index (χ2n) is 4.77. The minimum atomic E-state index is 0.332. The zero-order valence-corrected chi connectivity index (χ0v) is 11.7. The average Bonchev–Trinajstić information content (AvgIpc) is 3.07. The highest BCUT2D eigenvalue weighted by Gasteiger charge is 2.29. The molecule has 6 nitrogen and oxygen atoms in total. The smallest absolute Gasteiger partial charge is 0.155 e. The fraction of sp³-hybridized carbons (Fsp3) is 0.500. The Kier molecular flexibility index (Phi) is 2.95. The number of aromatic nitrogens is 4. The first kappa shape index (κ1) is 12.1. The van der Waals surface area contributed by atoms with E-state index in [1.807, 2.05) is 13.8 Å². The Bertz CT molecular complexity index is 637. The van der Waals surface area contributed by atoms with E-state index in [-0.39, 0.29) is 0 Å². The molecule has 1 saturated heterocycles. The summed E-state index contributed by atoms with van der Waals surface area (Å²) >= 11 is 1.41. The van der Waals surface area contributed by atoms with Crippen molar-refractivity contribution < 1.29 is 0 Å². The van der Waals surface area contributed by atoms with E-state index in [1.54, 1.807) is 0 Å². The van der Waals surface area contributed by atoms with Crippen LogP contribution < -0.4 is 4.90 Å². The van der Waals surface area contributed by atoms with Gasteiger partial charge in [0.2, 0.25) is 0 Å². The summed E-state index contributed by atoms with van der Waals surface area (Å²) in [7, 11) is 0. The lowest BCUT2D eigenvalue weighted by Crippen LogP contribution is -2.19. The van der Waals surface area contributed by atoms with Crippen molar-refractivity contribution >= 4 is 16.5 Å². The molecule has 3 rings (SSSR count). The number of anilines is 1. The lowest BCUT2D eigenvalue weighted by molar-refractivity contribution is 0.714. The largest absolute Gasteiger partial charge is 0.360 e. The van der Waals surface area contributed by atoms with Crippen molar-refractivity contribution in [1.82, 2.24) is 19.6 Å². The zero-order chi connectivity index (χ0) is 13.4. The molecule has 2 aromatic rings. The molecule has 0 aromatic carbocycles. The van der Waals surface area contributed by atoms with Crippen molar-refractivity contribution in [2.45, 2.75) is 26.2 Å². The monoisotopic (exact) mass is 274 g/mol. The first-order chi connectivity index (χ1) is 9.19. The Morgan fingerprint density at radius 3 is 3.00 bits per heavy atom. The first-order valence-corrected chi connectivity index (χ1v) is 6.96. The maximum atomic E-state index is 9.20. The number of rotatable bonds is 2. The normalized spacial score (nSPS) is 18.8. The van der Waals surface area contributed by atoms with E-state index in [0.717, 1.165) is 41.9 Å². The highest BCUT2D eigenvalue weighted by Crippen LogP contribution is 2.34. The number of nitriles is 1. The summed E-state index contributed by atoms with van der Waals surface area (Å²) < 4.78 is 4.27. The van der Waals surface area contributed by atoms with Crippen LogP contribution in [0.5, 0.6) is 0 Å². The molecule has 7 heteroatoms. The Morgan fingerprint density at radius 1 is 1.47 bits per heavy atom. The lowest BCUT2D eigenvalue weighted by atomic mass is 10.1. The van der Waals surface area contributed by atoms with Crippen LogP contribution in [0.25, 0.3) is 0 Å². The quantitative estimate of drug-likeness (QED) is 0.902. The van der Waals surface area contributed by atoms with Crippen LogP contribution in [0.1, 0.15) is 35.2 Å². The van der Waals surface area contributed by atoms with Gasteiger partial charge in [-0.1, -0.05) is 0 Å². The van der Waals surface area contributed by atoms with Gasteiger partial charge in [0.15, 0.2) is 5.82 Å². The Balaban J connectivity index is 1.81. The van der Waals surface area contributed by atoms with Crippen molar-refractivity contribution in [3.63, 3.8) is 0 Å². The molecule has 3 heterocycles. The molecule has 0 saturated carbocycles. The van der Waals surface area contributed by atoms with Crippen LogP contribution in [-0.2, 0) is 0 Å². The molecule has 98 valence electrons. The third-order valence-electron chi connectivity index (χ3n) is 3.41. The van der Waals surface area contributed by atoms with E-state index < -0.39 is 0 Å². The van der Waals surface area contributed by atoms with Gasteiger partial charge in [-0.15, -0.1) is 0 Å². The molecule has 1 atom stereocenters. The Morgan fingerprint density at radius 2 is 2.32 bits per heavy atom. The molecule has 1 aliphatic heterocycles. The summed E-state index contributed by atoms with van der Waals surface area (Å²) in [6, 6.07) is 2.25. The highest BCUT2D eigenvalue weighted by molar-refractivity contribution is 7.10. The molecular formula is C12H14N6S. The fourth-order valence-corrected chi connectivity index (χ4v) is 3.28. The van der Waals surface area contributed by atoms with Gasteiger partial charge in [-0.3, -0.25) is 5.10 Å². The first-order valence-electron chi connectivity index (χ1n) is 6.19. The Hall–Kier alpha value is -1.94. The maximum absolute atomic E-state index is 9.20. The number of hydrogen-bond donors (Lipinski definition) is 1. The Labute approximate surface area is 115 Å². The minimum Gasteiger partial charge on any atom is -0.360 e. The molecule has 2 aromatic heterocycles. The molecule has 0 amide bonds. The summed E-state index contributed by atoms with van der Waals surface area (Å²) in [5.41, 5.74) is 1.52. The number of hydrogen-bond acceptors (Lipinski definition) is 6. The van der Waals surface area contributed by atoms with E-state index in [9.17, 15) is 5.26 Å². The standard InChI is InChI=1S/C12H14N6S/c1-7-10(5-13)12(19-17-7)18-4-3-9(6-18)11-14-8(2)15-16-11/h9H,3-4,6H2,1-2H3,(H,14,15,16). The van der Waals surface area contributed by atoms with E-state index in [2.05, 4.69) is 30.5 Å². The van der Waals surface area contributed by atoms with Crippen LogP contribution in [0, 0.1) is 25.2 Å². The predicted molar refractivity (Wildman–Crippen MR) is 72.3 cm³/mol. The molecule has 0 spiro atoms. The molecule has 0 bridgehead atoms. The molecule has 1 unspecified atom stereocenters.